The van der Waals surface area contributed by atoms with Gasteiger partial charge in [0.05, 0.1) is 17.3 Å². The Bertz CT molecular complexity index is 1020. The molecular weight excluding hydrogens is 374 g/mol. The van der Waals surface area contributed by atoms with Crippen LogP contribution in [0.25, 0.3) is 17.2 Å². The van der Waals surface area contributed by atoms with Gasteiger partial charge < -0.3 is 10.5 Å². The number of hydrogen-bond acceptors (Lipinski definition) is 5. The Kier molecular flexibility index (Phi) is 5.21. The molecule has 1 aromatic heterocycles. The maximum Gasteiger partial charge on any atom is 0.326 e. The van der Waals surface area contributed by atoms with E-state index < -0.39 is 5.54 Å². The molecule has 2 N–H and O–H groups in total. The van der Waals surface area contributed by atoms with Crippen LogP contribution in [0.15, 0.2) is 48.7 Å². The summed E-state index contributed by atoms with van der Waals surface area (Å²) in [6.45, 7) is 6.33. The van der Waals surface area contributed by atoms with Crippen molar-refractivity contribution >= 4 is 12.0 Å². The smallest absolute Gasteiger partial charge is 0.326 e. The highest BCUT2D eigenvalue weighted by Gasteiger charge is 2.60. The number of hydrogen-bond donors (Lipinski definition) is 1. The largest absolute Gasteiger partial charge is 0.461 e. The molecule has 0 spiro atoms. The second kappa shape index (κ2) is 7.70. The van der Waals surface area contributed by atoms with E-state index >= 15 is 0 Å². The molecule has 1 aliphatic carbocycles. The van der Waals surface area contributed by atoms with Crippen molar-refractivity contribution in [3.63, 3.8) is 0 Å². The molecule has 30 heavy (non-hydrogen) atoms. The zero-order valence-corrected chi connectivity index (χ0v) is 17.6. The Morgan fingerprint density at radius 3 is 2.70 bits per heavy atom. The number of rotatable bonds is 3. The number of aromatic nitrogens is 1. The second-order valence-corrected chi connectivity index (χ2v) is 8.78. The summed E-state index contributed by atoms with van der Waals surface area (Å²) in [4.78, 5) is 17.0. The predicted molar refractivity (Wildman–Crippen MR) is 116 cm³/mol. The van der Waals surface area contributed by atoms with Crippen molar-refractivity contribution in [2.45, 2.75) is 38.8 Å². The van der Waals surface area contributed by atoms with E-state index in [1.54, 1.807) is 12.3 Å². The topological polar surface area (TPSA) is 89.0 Å². The molecular formula is C25H27N3O2. The number of carbonyl (C=O) groups is 1. The molecule has 2 heterocycles. The first-order valence-electron chi connectivity index (χ1n) is 10.5. The van der Waals surface area contributed by atoms with Crippen molar-refractivity contribution in [1.29, 1.82) is 5.26 Å². The minimum Gasteiger partial charge on any atom is -0.461 e. The van der Waals surface area contributed by atoms with Crippen molar-refractivity contribution in [2.75, 3.05) is 0 Å². The van der Waals surface area contributed by atoms with Crippen LogP contribution in [0, 0.1) is 35.0 Å². The summed E-state index contributed by atoms with van der Waals surface area (Å²) >= 11 is 0. The van der Waals surface area contributed by atoms with Gasteiger partial charge in [0.1, 0.15) is 11.6 Å². The Hall–Kier alpha value is -2.97. The number of benzene rings is 1. The van der Waals surface area contributed by atoms with Crippen LogP contribution in [0.1, 0.15) is 38.4 Å². The highest BCUT2D eigenvalue weighted by atomic mass is 16.6. The summed E-state index contributed by atoms with van der Waals surface area (Å²) in [5, 5.41) is 9.32. The van der Waals surface area contributed by atoms with Crippen molar-refractivity contribution in [3.8, 4) is 17.2 Å². The third-order valence-electron chi connectivity index (χ3n) is 6.99. The SMILES string of the molecule is CC1CC2(N)C(=O)OC(C)C2C(/C=C/c2ccc(-c3ccccc3C#N)cn2)C1C. The van der Waals surface area contributed by atoms with Crippen LogP contribution in [-0.4, -0.2) is 22.6 Å². The lowest BCUT2D eigenvalue weighted by Gasteiger charge is -2.45. The summed E-state index contributed by atoms with van der Waals surface area (Å²) in [7, 11) is 0. The molecule has 0 bridgehead atoms. The number of ether oxygens (including phenoxy) is 1. The molecule has 2 fully saturated rings. The quantitative estimate of drug-likeness (QED) is 0.779. The first-order valence-corrected chi connectivity index (χ1v) is 10.5. The average Bonchev–Trinajstić information content (AvgIpc) is 2.97. The van der Waals surface area contributed by atoms with Crippen LogP contribution in [0.4, 0.5) is 0 Å². The van der Waals surface area contributed by atoms with Crippen molar-refractivity contribution < 1.29 is 9.53 Å². The van der Waals surface area contributed by atoms with Gasteiger partial charge in [0, 0.05) is 23.2 Å². The Labute approximate surface area is 177 Å². The summed E-state index contributed by atoms with van der Waals surface area (Å²) in [5.74, 6) is 0.559. The van der Waals surface area contributed by atoms with Gasteiger partial charge in [-0.2, -0.15) is 5.26 Å². The molecule has 2 aromatic rings. The number of fused-ring (bicyclic) bond motifs is 1. The standard InChI is InChI=1S/C25H27N3O2/c1-15-12-25(27)23(17(3)30-24(25)29)21(16(15)2)11-10-20-9-8-19(14-28-20)22-7-5-4-6-18(22)13-26/h4-11,14-17,21,23H,12,27H2,1-3H3/b11-10+. The Balaban J connectivity index is 1.60. The summed E-state index contributed by atoms with van der Waals surface area (Å²) in [5.41, 5.74) is 8.92. The van der Waals surface area contributed by atoms with Crippen LogP contribution < -0.4 is 5.73 Å². The highest BCUT2D eigenvalue weighted by molar-refractivity contribution is 5.84. The van der Waals surface area contributed by atoms with Crippen molar-refractivity contribution in [1.82, 2.24) is 4.98 Å². The lowest BCUT2D eigenvalue weighted by atomic mass is 9.59. The van der Waals surface area contributed by atoms with Crippen LogP contribution in [-0.2, 0) is 9.53 Å². The third kappa shape index (κ3) is 3.32. The Morgan fingerprint density at radius 1 is 1.23 bits per heavy atom. The van der Waals surface area contributed by atoms with Gasteiger partial charge in [0.25, 0.3) is 0 Å². The molecule has 4 rings (SSSR count). The number of allylic oxidation sites excluding steroid dienone is 1. The van der Waals surface area contributed by atoms with Gasteiger partial charge in [-0.25, -0.2) is 0 Å². The normalized spacial score (nSPS) is 33.2. The minimum atomic E-state index is -0.904. The van der Waals surface area contributed by atoms with Crippen LogP contribution in [0.5, 0.6) is 0 Å². The van der Waals surface area contributed by atoms with Crippen LogP contribution in [0.2, 0.25) is 0 Å². The van der Waals surface area contributed by atoms with E-state index in [1.807, 2.05) is 43.3 Å². The zero-order valence-electron chi connectivity index (χ0n) is 17.6. The summed E-state index contributed by atoms with van der Waals surface area (Å²) in [6, 6.07) is 13.7. The first-order chi connectivity index (χ1) is 14.3. The van der Waals surface area contributed by atoms with Gasteiger partial charge in [-0.3, -0.25) is 9.78 Å². The summed E-state index contributed by atoms with van der Waals surface area (Å²) < 4.78 is 5.54. The number of esters is 1. The molecule has 1 aliphatic heterocycles. The van der Waals surface area contributed by atoms with Crippen molar-refractivity contribution in [2.24, 2.45) is 29.4 Å². The van der Waals surface area contributed by atoms with E-state index in [4.69, 9.17) is 10.5 Å². The molecule has 1 saturated carbocycles. The van der Waals surface area contributed by atoms with E-state index in [0.29, 0.717) is 23.8 Å². The molecule has 5 heteroatoms. The van der Waals surface area contributed by atoms with Gasteiger partial charge in [-0.05, 0) is 49.3 Å². The fraction of sp³-hybridized carbons (Fsp3) is 0.400. The minimum absolute atomic E-state index is 0.0331. The monoisotopic (exact) mass is 401 g/mol. The lowest BCUT2D eigenvalue weighted by molar-refractivity contribution is -0.145. The molecule has 0 amide bonds. The lowest BCUT2D eigenvalue weighted by Crippen LogP contribution is -2.58. The first kappa shape index (κ1) is 20.3. The third-order valence-corrected chi connectivity index (χ3v) is 6.99. The van der Waals surface area contributed by atoms with E-state index in [2.05, 4.69) is 31.0 Å². The molecule has 6 unspecified atom stereocenters. The maximum absolute atomic E-state index is 12.4. The average molecular weight is 402 g/mol. The molecule has 2 aliphatic rings. The van der Waals surface area contributed by atoms with Crippen LogP contribution >= 0.6 is 0 Å². The second-order valence-electron chi connectivity index (χ2n) is 8.78. The molecule has 1 saturated heterocycles. The number of nitriles is 1. The number of pyridine rings is 1. The molecule has 0 radical (unpaired) electrons. The maximum atomic E-state index is 12.4. The summed E-state index contributed by atoms with van der Waals surface area (Å²) in [6.07, 6.45) is 6.43. The zero-order chi connectivity index (χ0) is 21.5. The number of nitrogens with two attached hydrogens (primary N) is 1. The van der Waals surface area contributed by atoms with Crippen molar-refractivity contribution in [3.05, 3.63) is 59.9 Å². The van der Waals surface area contributed by atoms with Gasteiger partial charge in [0.2, 0.25) is 0 Å². The number of nitrogens with zero attached hydrogens (tertiary/aromatic N) is 2. The Morgan fingerprint density at radius 2 is 2.00 bits per heavy atom. The molecule has 1 aromatic carbocycles. The molecule has 154 valence electrons. The van der Waals surface area contributed by atoms with Gasteiger partial charge in [-0.15, -0.1) is 0 Å². The van der Waals surface area contributed by atoms with E-state index in [0.717, 1.165) is 16.8 Å². The van der Waals surface area contributed by atoms with Gasteiger partial charge in [0.15, 0.2) is 0 Å². The number of cyclic esters (lactones) is 1. The van der Waals surface area contributed by atoms with Gasteiger partial charge in [-0.1, -0.05) is 44.2 Å². The number of carbonyl (C=O) groups excluding carboxylic acids is 1. The van der Waals surface area contributed by atoms with E-state index in [1.165, 1.54) is 0 Å². The fourth-order valence-corrected chi connectivity index (χ4v) is 5.21. The highest BCUT2D eigenvalue weighted by Crippen LogP contribution is 2.50. The van der Waals surface area contributed by atoms with E-state index in [9.17, 15) is 10.1 Å². The van der Waals surface area contributed by atoms with E-state index in [-0.39, 0.29) is 23.9 Å². The molecule has 6 atom stereocenters. The molecule has 5 nitrogen and oxygen atoms in total. The van der Waals surface area contributed by atoms with Gasteiger partial charge >= 0.3 is 5.97 Å². The predicted octanol–water partition coefficient (Wildman–Crippen LogP) is 4.18. The fourth-order valence-electron chi connectivity index (χ4n) is 5.21. The van der Waals surface area contributed by atoms with Crippen LogP contribution in [0.3, 0.4) is 0 Å².